The Hall–Kier alpha value is -3.32. The number of Topliss-reactive ketones (excluding diaryl/α,β-unsaturated/α-hetero) is 1. The first-order valence-electron chi connectivity index (χ1n) is 10.9. The molecule has 1 aromatic heterocycles. The smallest absolute Gasteiger partial charge is 0.340 e. The summed E-state index contributed by atoms with van der Waals surface area (Å²) in [4.78, 5) is 25.0. The van der Waals surface area contributed by atoms with Crippen molar-refractivity contribution in [2.75, 3.05) is 11.9 Å². The SMILES string of the molecule is CC(COC(=O)c1cc(S(N)(=O)=O)c(Cl)cc1NCc1ccco1)N[C@H](C)C(=O)c1cc(F)cc(F)c1. The number of sulfonamides is 1. The molecule has 2 aromatic carbocycles. The van der Waals surface area contributed by atoms with E-state index in [2.05, 4.69) is 10.6 Å². The van der Waals surface area contributed by atoms with Crippen molar-refractivity contribution >= 4 is 39.1 Å². The molecule has 0 fully saturated rings. The molecule has 4 N–H and O–H groups in total. The highest BCUT2D eigenvalue weighted by Crippen LogP contribution is 2.29. The number of nitrogens with one attached hydrogen (secondary N) is 2. The third-order valence-electron chi connectivity index (χ3n) is 5.17. The summed E-state index contributed by atoms with van der Waals surface area (Å²) < 4.78 is 61.3. The number of rotatable bonds is 11. The lowest BCUT2D eigenvalue weighted by atomic mass is 10.0. The van der Waals surface area contributed by atoms with E-state index in [-0.39, 0.29) is 35.0 Å². The molecular formula is C24H24ClF2N3O6S. The van der Waals surface area contributed by atoms with E-state index in [0.717, 1.165) is 18.2 Å². The van der Waals surface area contributed by atoms with Gasteiger partial charge in [0.2, 0.25) is 10.0 Å². The number of benzene rings is 2. The van der Waals surface area contributed by atoms with Crippen LogP contribution in [0.15, 0.2) is 58.0 Å². The molecule has 13 heteroatoms. The summed E-state index contributed by atoms with van der Waals surface area (Å²) in [6.45, 7) is 3.06. The van der Waals surface area contributed by atoms with Gasteiger partial charge in [0.1, 0.15) is 28.9 Å². The van der Waals surface area contributed by atoms with Gasteiger partial charge in [0.25, 0.3) is 0 Å². The van der Waals surface area contributed by atoms with Gasteiger partial charge in [-0.2, -0.15) is 0 Å². The third kappa shape index (κ3) is 7.59. The average molecular weight is 556 g/mol. The molecule has 9 nitrogen and oxygen atoms in total. The number of hydrogen-bond donors (Lipinski definition) is 3. The average Bonchev–Trinajstić information content (AvgIpc) is 3.33. The largest absolute Gasteiger partial charge is 0.467 e. The molecule has 0 amide bonds. The Bertz CT molecular complexity index is 1380. The monoisotopic (exact) mass is 555 g/mol. The van der Waals surface area contributed by atoms with Gasteiger partial charge in [-0.15, -0.1) is 0 Å². The van der Waals surface area contributed by atoms with Gasteiger partial charge in [-0.25, -0.2) is 27.1 Å². The summed E-state index contributed by atoms with van der Waals surface area (Å²) >= 11 is 6.07. The van der Waals surface area contributed by atoms with Crippen molar-refractivity contribution in [3.8, 4) is 0 Å². The van der Waals surface area contributed by atoms with Crippen LogP contribution in [-0.2, 0) is 21.3 Å². The van der Waals surface area contributed by atoms with Crippen molar-refractivity contribution in [1.82, 2.24) is 5.32 Å². The maximum absolute atomic E-state index is 13.4. The van der Waals surface area contributed by atoms with Gasteiger partial charge in [-0.3, -0.25) is 4.79 Å². The Morgan fingerprint density at radius 1 is 1.14 bits per heavy atom. The third-order valence-corrected chi connectivity index (χ3v) is 6.55. The lowest BCUT2D eigenvalue weighted by molar-refractivity contribution is 0.0468. The zero-order valence-corrected chi connectivity index (χ0v) is 21.3. The second-order valence-corrected chi connectivity index (χ2v) is 10.2. The van der Waals surface area contributed by atoms with Crippen LogP contribution in [0.25, 0.3) is 0 Å². The molecule has 37 heavy (non-hydrogen) atoms. The van der Waals surface area contributed by atoms with Gasteiger partial charge in [-0.1, -0.05) is 11.6 Å². The molecule has 0 saturated carbocycles. The summed E-state index contributed by atoms with van der Waals surface area (Å²) in [7, 11) is -4.24. The molecule has 0 aliphatic heterocycles. The molecule has 1 unspecified atom stereocenters. The van der Waals surface area contributed by atoms with Crippen LogP contribution in [0.5, 0.6) is 0 Å². The highest BCUT2D eigenvalue weighted by Gasteiger charge is 2.23. The molecule has 3 rings (SSSR count). The van der Waals surface area contributed by atoms with Crippen molar-refractivity contribution in [2.24, 2.45) is 5.14 Å². The maximum Gasteiger partial charge on any atom is 0.340 e. The molecule has 0 saturated heterocycles. The first kappa shape index (κ1) is 28.3. The van der Waals surface area contributed by atoms with Gasteiger partial charge in [-0.05, 0) is 50.2 Å². The second-order valence-electron chi connectivity index (χ2n) is 8.22. The minimum atomic E-state index is -4.24. The first-order chi connectivity index (χ1) is 17.3. The topological polar surface area (TPSA) is 141 Å². The molecule has 3 aromatic rings. The minimum absolute atomic E-state index is 0.147. The van der Waals surface area contributed by atoms with Crippen LogP contribution in [0.3, 0.4) is 0 Å². The fourth-order valence-electron chi connectivity index (χ4n) is 3.46. The van der Waals surface area contributed by atoms with E-state index < -0.39 is 50.4 Å². The van der Waals surface area contributed by atoms with E-state index in [1.165, 1.54) is 19.3 Å². The number of ketones is 1. The zero-order valence-electron chi connectivity index (χ0n) is 19.8. The lowest BCUT2D eigenvalue weighted by Crippen LogP contribution is -2.42. The molecule has 0 bridgehead atoms. The Morgan fingerprint density at radius 3 is 2.41 bits per heavy atom. The molecule has 0 spiro atoms. The van der Waals surface area contributed by atoms with Crippen molar-refractivity contribution in [2.45, 2.75) is 37.4 Å². The number of anilines is 1. The van der Waals surface area contributed by atoms with Gasteiger partial charge in [0.15, 0.2) is 5.78 Å². The number of nitrogens with two attached hydrogens (primary N) is 1. The lowest BCUT2D eigenvalue weighted by Gasteiger charge is -2.20. The maximum atomic E-state index is 13.4. The van der Waals surface area contributed by atoms with Crippen molar-refractivity contribution in [3.05, 3.63) is 82.3 Å². The number of halogens is 3. The summed E-state index contributed by atoms with van der Waals surface area (Å²) in [6.07, 6.45) is 1.47. The van der Waals surface area contributed by atoms with E-state index in [0.29, 0.717) is 11.8 Å². The molecule has 0 aliphatic carbocycles. The summed E-state index contributed by atoms with van der Waals surface area (Å²) in [5.74, 6) is -2.66. The standard InChI is InChI=1S/C24H24ClF2N3O6S/c1-13(30-14(2)23(31)15-6-16(26)8-17(27)7-15)12-36-24(32)19-9-22(37(28,33)34)20(25)10-21(19)29-11-18-4-3-5-35-18/h3-10,13-14,29-30H,11-12H2,1-2H3,(H2,28,33,34)/t13?,14-/m1/s1. The second kappa shape index (κ2) is 11.8. The molecular weight excluding hydrogens is 532 g/mol. The van der Waals surface area contributed by atoms with E-state index in [1.54, 1.807) is 19.1 Å². The number of ether oxygens (including phenoxy) is 1. The molecule has 1 heterocycles. The van der Waals surface area contributed by atoms with E-state index in [1.807, 2.05) is 0 Å². The quantitative estimate of drug-likeness (QED) is 0.239. The number of carbonyl (C=O) groups is 2. The van der Waals surface area contributed by atoms with Gasteiger partial charge < -0.3 is 19.8 Å². The molecule has 2 atom stereocenters. The number of esters is 1. The fraction of sp³-hybridized carbons (Fsp3) is 0.250. The fourth-order valence-corrected chi connectivity index (χ4v) is 4.56. The molecule has 0 aliphatic rings. The van der Waals surface area contributed by atoms with Crippen LogP contribution in [-0.4, -0.2) is 38.9 Å². The van der Waals surface area contributed by atoms with Crippen LogP contribution in [0.2, 0.25) is 5.02 Å². The minimum Gasteiger partial charge on any atom is -0.467 e. The molecule has 198 valence electrons. The van der Waals surface area contributed by atoms with Crippen LogP contribution < -0.4 is 15.8 Å². The highest BCUT2D eigenvalue weighted by atomic mass is 35.5. The predicted molar refractivity (Wildman–Crippen MR) is 132 cm³/mol. The van der Waals surface area contributed by atoms with Crippen molar-refractivity contribution in [1.29, 1.82) is 0 Å². The molecule has 0 radical (unpaired) electrons. The zero-order chi connectivity index (χ0) is 27.3. The predicted octanol–water partition coefficient (Wildman–Crippen LogP) is 3.88. The Kier molecular flexibility index (Phi) is 9.02. The van der Waals surface area contributed by atoms with Crippen LogP contribution in [0, 0.1) is 11.6 Å². The van der Waals surface area contributed by atoms with Crippen LogP contribution >= 0.6 is 11.6 Å². The Labute approximate surface area is 217 Å². The van der Waals surface area contributed by atoms with Crippen molar-refractivity contribution < 1.29 is 35.9 Å². The Balaban J connectivity index is 1.71. The van der Waals surface area contributed by atoms with E-state index in [9.17, 15) is 26.8 Å². The van der Waals surface area contributed by atoms with Crippen LogP contribution in [0.1, 0.15) is 40.3 Å². The van der Waals surface area contributed by atoms with Crippen LogP contribution in [0.4, 0.5) is 14.5 Å². The van der Waals surface area contributed by atoms with Crippen molar-refractivity contribution in [3.63, 3.8) is 0 Å². The van der Waals surface area contributed by atoms with Gasteiger partial charge in [0, 0.05) is 17.7 Å². The van der Waals surface area contributed by atoms with E-state index in [4.69, 9.17) is 25.9 Å². The number of hydrogen-bond acceptors (Lipinski definition) is 8. The Morgan fingerprint density at radius 2 is 1.81 bits per heavy atom. The summed E-state index contributed by atoms with van der Waals surface area (Å²) in [6, 6.07) is 6.70. The number of furan rings is 1. The summed E-state index contributed by atoms with van der Waals surface area (Å²) in [5, 5.41) is 10.8. The van der Waals surface area contributed by atoms with Gasteiger partial charge >= 0.3 is 5.97 Å². The van der Waals surface area contributed by atoms with Gasteiger partial charge in [0.05, 0.1) is 35.1 Å². The summed E-state index contributed by atoms with van der Waals surface area (Å²) in [5.41, 5.74) is -0.117. The number of carbonyl (C=O) groups excluding carboxylic acids is 2. The first-order valence-corrected chi connectivity index (χ1v) is 12.8. The highest BCUT2D eigenvalue weighted by molar-refractivity contribution is 7.89. The normalized spacial score (nSPS) is 13.1. The number of primary sulfonamides is 1. The van der Waals surface area contributed by atoms with E-state index >= 15 is 0 Å².